The van der Waals surface area contributed by atoms with E-state index >= 15 is 0 Å². The van der Waals surface area contributed by atoms with Crippen molar-refractivity contribution in [2.75, 3.05) is 32.6 Å². The Morgan fingerprint density at radius 1 is 1.32 bits per heavy atom. The summed E-state index contributed by atoms with van der Waals surface area (Å²) in [5, 5.41) is 2.78. The van der Waals surface area contributed by atoms with Crippen molar-refractivity contribution < 1.29 is 23.9 Å². The summed E-state index contributed by atoms with van der Waals surface area (Å²) in [7, 11) is 2.62. The van der Waals surface area contributed by atoms with Gasteiger partial charge in [-0.25, -0.2) is 9.59 Å². The minimum absolute atomic E-state index is 0.141. The molecule has 0 radical (unpaired) electrons. The highest BCUT2D eigenvalue weighted by Crippen LogP contribution is 2.31. The van der Waals surface area contributed by atoms with Crippen molar-refractivity contribution in [1.82, 2.24) is 4.90 Å². The number of halogens is 1. The van der Waals surface area contributed by atoms with Gasteiger partial charge in [-0.1, -0.05) is 18.5 Å². The predicted molar refractivity (Wildman–Crippen MR) is 94.0 cm³/mol. The summed E-state index contributed by atoms with van der Waals surface area (Å²) in [6, 6.07) is 2.33. The van der Waals surface area contributed by atoms with Crippen LogP contribution in [-0.4, -0.2) is 50.1 Å². The van der Waals surface area contributed by atoms with Gasteiger partial charge in [0.2, 0.25) is 5.91 Å². The quantitative estimate of drug-likeness (QED) is 0.713. The first-order valence-corrected chi connectivity index (χ1v) is 7.93. The number of carbonyl (C=O) groups excluding carboxylic acids is 3. The molecule has 25 heavy (non-hydrogen) atoms. The Hall–Kier alpha value is -2.48. The van der Waals surface area contributed by atoms with E-state index in [4.69, 9.17) is 22.1 Å². The van der Waals surface area contributed by atoms with E-state index in [9.17, 15) is 14.4 Å². The number of carbonyl (C=O) groups is 3. The third kappa shape index (κ3) is 5.25. The van der Waals surface area contributed by atoms with Gasteiger partial charge in [0.15, 0.2) is 0 Å². The van der Waals surface area contributed by atoms with Crippen LogP contribution in [0.25, 0.3) is 0 Å². The first-order valence-electron chi connectivity index (χ1n) is 7.56. The molecule has 0 bridgehead atoms. The predicted octanol–water partition coefficient (Wildman–Crippen LogP) is 2.11. The molecule has 0 saturated carbocycles. The topological polar surface area (TPSA) is 111 Å². The van der Waals surface area contributed by atoms with Gasteiger partial charge in [0.1, 0.15) is 11.3 Å². The lowest BCUT2D eigenvalue weighted by Gasteiger charge is -2.24. The van der Waals surface area contributed by atoms with Crippen molar-refractivity contribution in [1.29, 1.82) is 0 Å². The fourth-order valence-electron chi connectivity index (χ4n) is 2.06. The van der Waals surface area contributed by atoms with Crippen LogP contribution in [0.2, 0.25) is 5.02 Å². The van der Waals surface area contributed by atoms with Crippen molar-refractivity contribution in [3.63, 3.8) is 0 Å². The molecule has 3 N–H and O–H groups in total. The summed E-state index contributed by atoms with van der Waals surface area (Å²) >= 11 is 6.14. The van der Waals surface area contributed by atoms with Crippen molar-refractivity contribution in [3.05, 3.63) is 22.7 Å². The fourth-order valence-corrected chi connectivity index (χ4v) is 2.27. The number of ether oxygens (including phenoxy) is 2. The molecule has 0 spiro atoms. The molecule has 1 aromatic rings. The number of amides is 3. The van der Waals surface area contributed by atoms with E-state index in [1.165, 1.54) is 31.3 Å². The molecule has 1 rings (SSSR count). The Morgan fingerprint density at radius 3 is 2.44 bits per heavy atom. The van der Waals surface area contributed by atoms with E-state index in [1.807, 2.05) is 0 Å². The van der Waals surface area contributed by atoms with Crippen LogP contribution in [0.1, 0.15) is 24.2 Å². The largest absolute Gasteiger partial charge is 0.496 e. The van der Waals surface area contributed by atoms with Crippen LogP contribution in [0.3, 0.4) is 0 Å². The Balaban J connectivity index is 3.03. The van der Waals surface area contributed by atoms with Gasteiger partial charge < -0.3 is 25.4 Å². The van der Waals surface area contributed by atoms with E-state index in [-0.39, 0.29) is 28.6 Å². The Bertz CT molecular complexity index is 665. The molecular weight excluding hydrogens is 350 g/mol. The Labute approximate surface area is 151 Å². The number of nitrogens with one attached hydrogen (secondary N) is 1. The zero-order valence-electron chi connectivity index (χ0n) is 14.6. The number of anilines is 1. The second-order valence-corrected chi connectivity index (χ2v) is 5.70. The molecule has 0 unspecified atom stereocenters. The number of hydrogen-bond acceptors (Lipinski definition) is 5. The summed E-state index contributed by atoms with van der Waals surface area (Å²) in [6.45, 7) is 3.96. The number of esters is 1. The summed E-state index contributed by atoms with van der Waals surface area (Å²) < 4.78 is 9.80. The average Bonchev–Trinajstić information content (AvgIpc) is 2.59. The monoisotopic (exact) mass is 371 g/mol. The van der Waals surface area contributed by atoms with Gasteiger partial charge in [0, 0.05) is 19.2 Å². The van der Waals surface area contributed by atoms with Crippen LogP contribution in [0.4, 0.5) is 10.5 Å². The number of urea groups is 1. The Kier molecular flexibility index (Phi) is 7.50. The standard InChI is InChI=1S/C16H22ClN3O5/c1-5-20(8-9(2)14(18)21)16(23)19-12-7-13(24-3)10(6-11(12)17)15(22)25-4/h6-7,9H,5,8H2,1-4H3,(H2,18,21)(H,19,23)/t9-/m1/s1. The van der Waals surface area contributed by atoms with Crippen LogP contribution in [-0.2, 0) is 9.53 Å². The molecular formula is C16H22ClN3O5. The number of primary amides is 1. The number of methoxy groups -OCH3 is 2. The van der Waals surface area contributed by atoms with Crippen LogP contribution in [0.15, 0.2) is 12.1 Å². The summed E-state index contributed by atoms with van der Waals surface area (Å²) in [5.41, 5.74) is 5.64. The van der Waals surface area contributed by atoms with Crippen molar-refractivity contribution >= 4 is 35.2 Å². The van der Waals surface area contributed by atoms with E-state index in [1.54, 1.807) is 13.8 Å². The minimum Gasteiger partial charge on any atom is -0.496 e. The SMILES string of the molecule is CCN(C[C@@H](C)C(N)=O)C(=O)Nc1cc(OC)c(C(=O)OC)cc1Cl. The second kappa shape index (κ2) is 9.12. The molecule has 0 aliphatic rings. The van der Waals surface area contributed by atoms with Gasteiger partial charge in [-0.05, 0) is 13.0 Å². The Morgan fingerprint density at radius 2 is 1.96 bits per heavy atom. The number of nitrogens with two attached hydrogens (primary N) is 1. The maximum atomic E-state index is 12.4. The van der Waals surface area contributed by atoms with Gasteiger partial charge in [0.25, 0.3) is 0 Å². The second-order valence-electron chi connectivity index (χ2n) is 5.30. The highest BCUT2D eigenvalue weighted by Gasteiger charge is 2.21. The van der Waals surface area contributed by atoms with Crippen molar-refractivity contribution in [3.8, 4) is 5.75 Å². The summed E-state index contributed by atoms with van der Waals surface area (Å²) in [6.07, 6.45) is 0. The molecule has 9 heteroatoms. The minimum atomic E-state index is -0.609. The highest BCUT2D eigenvalue weighted by atomic mass is 35.5. The zero-order chi connectivity index (χ0) is 19.1. The van der Waals surface area contributed by atoms with Crippen molar-refractivity contribution in [2.24, 2.45) is 11.7 Å². The fraction of sp³-hybridized carbons (Fsp3) is 0.438. The van der Waals surface area contributed by atoms with Gasteiger partial charge in [-0.15, -0.1) is 0 Å². The summed E-state index contributed by atoms with van der Waals surface area (Å²) in [5.74, 6) is -1.38. The lowest BCUT2D eigenvalue weighted by atomic mass is 10.1. The lowest BCUT2D eigenvalue weighted by molar-refractivity contribution is -0.121. The molecule has 0 aromatic heterocycles. The van der Waals surface area contributed by atoms with Crippen LogP contribution < -0.4 is 15.8 Å². The van der Waals surface area contributed by atoms with Crippen molar-refractivity contribution in [2.45, 2.75) is 13.8 Å². The first kappa shape index (κ1) is 20.6. The zero-order valence-corrected chi connectivity index (χ0v) is 15.3. The molecule has 138 valence electrons. The average molecular weight is 372 g/mol. The van der Waals surface area contributed by atoms with E-state index < -0.39 is 23.8 Å². The first-order chi connectivity index (χ1) is 11.7. The molecule has 1 aromatic carbocycles. The molecule has 8 nitrogen and oxygen atoms in total. The van der Waals surface area contributed by atoms with E-state index in [0.29, 0.717) is 6.54 Å². The molecule has 0 fully saturated rings. The van der Waals surface area contributed by atoms with E-state index in [2.05, 4.69) is 10.1 Å². The number of nitrogens with zero attached hydrogens (tertiary/aromatic N) is 1. The molecule has 3 amide bonds. The molecule has 0 heterocycles. The maximum Gasteiger partial charge on any atom is 0.341 e. The normalized spacial score (nSPS) is 11.4. The molecule has 0 saturated heterocycles. The molecule has 0 aliphatic heterocycles. The van der Waals surface area contributed by atoms with Crippen LogP contribution in [0.5, 0.6) is 5.75 Å². The van der Waals surface area contributed by atoms with E-state index in [0.717, 1.165) is 0 Å². The van der Waals surface area contributed by atoms with Gasteiger partial charge in [-0.3, -0.25) is 4.79 Å². The third-order valence-electron chi connectivity index (χ3n) is 3.58. The third-order valence-corrected chi connectivity index (χ3v) is 3.90. The van der Waals surface area contributed by atoms with Crippen LogP contribution >= 0.6 is 11.6 Å². The van der Waals surface area contributed by atoms with Crippen LogP contribution in [0, 0.1) is 5.92 Å². The number of hydrogen-bond donors (Lipinski definition) is 2. The van der Waals surface area contributed by atoms with Gasteiger partial charge in [0.05, 0.1) is 30.8 Å². The number of rotatable bonds is 7. The number of benzene rings is 1. The smallest absolute Gasteiger partial charge is 0.341 e. The maximum absolute atomic E-state index is 12.4. The highest BCUT2D eigenvalue weighted by molar-refractivity contribution is 6.34. The van der Waals surface area contributed by atoms with Gasteiger partial charge in [-0.2, -0.15) is 0 Å². The van der Waals surface area contributed by atoms with Gasteiger partial charge >= 0.3 is 12.0 Å². The summed E-state index contributed by atoms with van der Waals surface area (Å²) in [4.78, 5) is 36.7. The molecule has 1 atom stereocenters. The lowest BCUT2D eigenvalue weighted by Crippen LogP contribution is -2.41. The molecule has 0 aliphatic carbocycles.